The molecule has 4 heteroatoms. The van der Waals surface area contributed by atoms with Gasteiger partial charge in [0.25, 0.3) is 0 Å². The Kier molecular flexibility index (Phi) is 2.60. The minimum atomic E-state index is -0.0167. The smallest absolute Gasteiger partial charge is 0.231 e. The summed E-state index contributed by atoms with van der Waals surface area (Å²) in [4.78, 5) is 13.2. The van der Waals surface area contributed by atoms with E-state index in [-0.39, 0.29) is 12.5 Å². The van der Waals surface area contributed by atoms with Crippen LogP contribution in [0.3, 0.4) is 0 Å². The van der Waals surface area contributed by atoms with Crippen molar-refractivity contribution >= 4 is 11.6 Å². The molecule has 0 saturated heterocycles. The van der Waals surface area contributed by atoms with Gasteiger partial charge in [-0.05, 0) is 23.8 Å². The van der Waals surface area contributed by atoms with Crippen LogP contribution < -0.4 is 9.64 Å². The molecule has 0 aliphatic carbocycles. The topological polar surface area (TPSA) is 49.8 Å². The molecule has 1 aliphatic rings. The van der Waals surface area contributed by atoms with Gasteiger partial charge in [0, 0.05) is 12.2 Å². The molecule has 0 spiro atoms. The molecule has 0 atom stereocenters. The van der Waals surface area contributed by atoms with E-state index in [9.17, 15) is 4.79 Å². The molecule has 80 valence electrons. The molecule has 15 heavy (non-hydrogen) atoms. The molecule has 0 saturated carbocycles. The van der Waals surface area contributed by atoms with E-state index in [1.54, 1.807) is 12.0 Å². The van der Waals surface area contributed by atoms with Gasteiger partial charge in [0.1, 0.15) is 5.75 Å². The first-order valence-electron chi connectivity index (χ1n) is 4.84. The fourth-order valence-corrected chi connectivity index (χ4v) is 1.83. The monoisotopic (exact) mass is 207 g/mol. The van der Waals surface area contributed by atoms with Crippen molar-refractivity contribution in [1.29, 1.82) is 0 Å². The zero-order valence-electron chi connectivity index (χ0n) is 8.56. The van der Waals surface area contributed by atoms with Crippen molar-refractivity contribution in [2.45, 2.75) is 6.42 Å². The molecular weight excluding hydrogens is 194 g/mol. The van der Waals surface area contributed by atoms with E-state index in [2.05, 4.69) is 0 Å². The molecular formula is C11H13NO3. The standard InChI is InChI=1S/C11H13NO3/c1-15-9-2-3-10-8(6-9)7-11(14)12(10)4-5-13/h2-3,6,13H,4-5,7H2,1H3. The molecule has 4 nitrogen and oxygen atoms in total. The summed E-state index contributed by atoms with van der Waals surface area (Å²) in [5, 5.41) is 8.85. The Morgan fingerprint density at radius 1 is 1.53 bits per heavy atom. The van der Waals surface area contributed by atoms with Gasteiger partial charge in [-0.15, -0.1) is 0 Å². The summed E-state index contributed by atoms with van der Waals surface area (Å²) in [6.45, 7) is 0.343. The van der Waals surface area contributed by atoms with Crippen LogP contribution in [-0.2, 0) is 11.2 Å². The maximum atomic E-state index is 11.6. The normalized spacial score (nSPS) is 14.3. The van der Waals surface area contributed by atoms with Crippen molar-refractivity contribution < 1.29 is 14.6 Å². The average Bonchev–Trinajstić information content (AvgIpc) is 2.55. The number of hydrogen-bond acceptors (Lipinski definition) is 3. The zero-order chi connectivity index (χ0) is 10.8. The van der Waals surface area contributed by atoms with Gasteiger partial charge in [-0.3, -0.25) is 4.79 Å². The van der Waals surface area contributed by atoms with E-state index in [4.69, 9.17) is 9.84 Å². The summed E-state index contributed by atoms with van der Waals surface area (Å²) < 4.78 is 5.09. The molecule has 2 rings (SSSR count). The van der Waals surface area contributed by atoms with E-state index < -0.39 is 0 Å². The van der Waals surface area contributed by atoms with Crippen molar-refractivity contribution in [3.8, 4) is 5.75 Å². The number of nitrogens with zero attached hydrogens (tertiary/aromatic N) is 1. The number of rotatable bonds is 3. The highest BCUT2D eigenvalue weighted by atomic mass is 16.5. The third-order valence-corrected chi connectivity index (χ3v) is 2.54. The number of β-amino-alcohol motifs (C(OH)–C–C–N with tert-alkyl or cyclic N) is 1. The zero-order valence-corrected chi connectivity index (χ0v) is 8.56. The summed E-state index contributed by atoms with van der Waals surface area (Å²) in [7, 11) is 1.60. The lowest BCUT2D eigenvalue weighted by atomic mass is 10.1. The fraction of sp³-hybridized carbons (Fsp3) is 0.364. The summed E-state index contributed by atoms with van der Waals surface area (Å²) >= 11 is 0. The van der Waals surface area contributed by atoms with Gasteiger partial charge in [0.15, 0.2) is 0 Å². The maximum Gasteiger partial charge on any atom is 0.231 e. The van der Waals surface area contributed by atoms with Gasteiger partial charge in [0.05, 0.1) is 20.1 Å². The minimum absolute atomic E-state index is 0.0167. The summed E-state index contributed by atoms with van der Waals surface area (Å²) in [5.74, 6) is 0.791. The highest BCUT2D eigenvalue weighted by molar-refractivity contribution is 6.01. The summed E-state index contributed by atoms with van der Waals surface area (Å²) in [5.41, 5.74) is 1.85. The molecule has 1 heterocycles. The number of amides is 1. The maximum absolute atomic E-state index is 11.6. The van der Waals surface area contributed by atoms with E-state index in [1.165, 1.54) is 0 Å². The number of fused-ring (bicyclic) bond motifs is 1. The Morgan fingerprint density at radius 3 is 3.00 bits per heavy atom. The molecule has 1 amide bonds. The predicted octanol–water partition coefficient (Wildman–Crippen LogP) is 0.577. The molecule has 1 N–H and O–H groups in total. The number of carbonyl (C=O) groups is 1. The van der Waals surface area contributed by atoms with Gasteiger partial charge in [0.2, 0.25) is 5.91 Å². The Bertz CT molecular complexity index is 389. The molecule has 1 aromatic rings. The van der Waals surface area contributed by atoms with Crippen molar-refractivity contribution in [3.63, 3.8) is 0 Å². The molecule has 0 fully saturated rings. The Hall–Kier alpha value is -1.55. The lowest BCUT2D eigenvalue weighted by molar-refractivity contribution is -0.117. The quantitative estimate of drug-likeness (QED) is 0.788. The number of carbonyl (C=O) groups excluding carboxylic acids is 1. The third-order valence-electron chi connectivity index (χ3n) is 2.54. The Labute approximate surface area is 88.1 Å². The van der Waals surface area contributed by atoms with Gasteiger partial charge >= 0.3 is 0 Å². The average molecular weight is 207 g/mol. The number of methoxy groups -OCH3 is 1. The second kappa shape index (κ2) is 3.90. The van der Waals surface area contributed by atoms with Crippen LogP contribution in [0.5, 0.6) is 5.75 Å². The highest BCUT2D eigenvalue weighted by Gasteiger charge is 2.26. The second-order valence-corrected chi connectivity index (χ2v) is 3.44. The lowest BCUT2D eigenvalue weighted by Gasteiger charge is -2.15. The molecule has 0 bridgehead atoms. The summed E-state index contributed by atoms with van der Waals surface area (Å²) in [6.07, 6.45) is 0.395. The molecule has 0 radical (unpaired) electrons. The van der Waals surface area contributed by atoms with Crippen molar-refractivity contribution in [2.24, 2.45) is 0 Å². The van der Waals surface area contributed by atoms with Crippen LogP contribution >= 0.6 is 0 Å². The van der Waals surface area contributed by atoms with Crippen molar-refractivity contribution in [2.75, 3.05) is 25.2 Å². The SMILES string of the molecule is COc1ccc2c(c1)CC(=O)N2CCO. The van der Waals surface area contributed by atoms with Gasteiger partial charge in [-0.25, -0.2) is 0 Å². The van der Waals surface area contributed by atoms with E-state index >= 15 is 0 Å². The van der Waals surface area contributed by atoms with E-state index in [0.717, 1.165) is 17.0 Å². The molecule has 0 unspecified atom stereocenters. The Balaban J connectivity index is 2.34. The fourth-order valence-electron chi connectivity index (χ4n) is 1.83. The number of anilines is 1. The Morgan fingerprint density at radius 2 is 2.33 bits per heavy atom. The first kappa shape index (κ1) is 9.98. The van der Waals surface area contributed by atoms with Gasteiger partial charge < -0.3 is 14.7 Å². The van der Waals surface area contributed by atoms with Crippen LogP contribution in [0.4, 0.5) is 5.69 Å². The predicted molar refractivity (Wildman–Crippen MR) is 56.1 cm³/mol. The van der Waals surface area contributed by atoms with E-state index in [1.807, 2.05) is 18.2 Å². The lowest BCUT2D eigenvalue weighted by Crippen LogP contribution is -2.29. The minimum Gasteiger partial charge on any atom is -0.497 e. The van der Waals surface area contributed by atoms with Gasteiger partial charge in [-0.1, -0.05) is 0 Å². The van der Waals surface area contributed by atoms with Crippen LogP contribution in [0.25, 0.3) is 0 Å². The number of benzene rings is 1. The van der Waals surface area contributed by atoms with Crippen molar-refractivity contribution in [1.82, 2.24) is 0 Å². The number of aliphatic hydroxyl groups excluding tert-OH is 1. The van der Waals surface area contributed by atoms with Crippen LogP contribution in [0.2, 0.25) is 0 Å². The van der Waals surface area contributed by atoms with E-state index in [0.29, 0.717) is 13.0 Å². The third kappa shape index (κ3) is 1.68. The molecule has 1 aliphatic heterocycles. The van der Waals surface area contributed by atoms with Crippen LogP contribution in [0.15, 0.2) is 18.2 Å². The number of aliphatic hydroxyl groups is 1. The van der Waals surface area contributed by atoms with Crippen LogP contribution in [-0.4, -0.2) is 31.3 Å². The van der Waals surface area contributed by atoms with Gasteiger partial charge in [-0.2, -0.15) is 0 Å². The highest BCUT2D eigenvalue weighted by Crippen LogP contribution is 2.31. The molecule has 1 aromatic carbocycles. The van der Waals surface area contributed by atoms with Crippen LogP contribution in [0.1, 0.15) is 5.56 Å². The first-order valence-corrected chi connectivity index (χ1v) is 4.84. The van der Waals surface area contributed by atoms with Crippen LogP contribution in [0, 0.1) is 0 Å². The van der Waals surface area contributed by atoms with Crippen molar-refractivity contribution in [3.05, 3.63) is 23.8 Å². The number of ether oxygens (including phenoxy) is 1. The first-order chi connectivity index (χ1) is 7.26. The number of hydrogen-bond donors (Lipinski definition) is 1. The summed E-state index contributed by atoms with van der Waals surface area (Å²) in [6, 6.07) is 5.54. The molecule has 0 aromatic heterocycles. The largest absolute Gasteiger partial charge is 0.497 e. The second-order valence-electron chi connectivity index (χ2n) is 3.44.